The zero-order chi connectivity index (χ0) is 17.1. The summed E-state index contributed by atoms with van der Waals surface area (Å²) in [5.74, 6) is 0.751. The molecule has 1 saturated carbocycles. The normalized spacial score (nSPS) is 23.4. The van der Waals surface area contributed by atoms with Gasteiger partial charge in [-0.25, -0.2) is 0 Å². The molecule has 0 bridgehead atoms. The highest BCUT2D eigenvalue weighted by molar-refractivity contribution is 5.83. The molecule has 0 saturated heterocycles. The second-order valence-electron chi connectivity index (χ2n) is 7.47. The van der Waals surface area contributed by atoms with E-state index in [-0.39, 0.29) is 0 Å². The molecule has 3 heteroatoms. The molecule has 0 spiro atoms. The zero-order valence-electron chi connectivity index (χ0n) is 14.9. The molecule has 2 aliphatic rings. The summed E-state index contributed by atoms with van der Waals surface area (Å²) in [5.41, 5.74) is 6.38. The Bertz CT molecular complexity index is 785. The van der Waals surface area contributed by atoms with Gasteiger partial charge in [-0.3, -0.25) is 9.97 Å². The molecule has 1 fully saturated rings. The van der Waals surface area contributed by atoms with Gasteiger partial charge in [0.25, 0.3) is 0 Å². The molecule has 1 heterocycles. The fourth-order valence-corrected chi connectivity index (χ4v) is 4.43. The summed E-state index contributed by atoms with van der Waals surface area (Å²) in [4.78, 5) is 9.24. The van der Waals surface area contributed by atoms with Crippen molar-refractivity contribution in [2.45, 2.75) is 57.4 Å². The number of aromatic nitrogens is 2. The molecule has 0 unspecified atom stereocenters. The summed E-state index contributed by atoms with van der Waals surface area (Å²) >= 11 is 0. The second-order valence-corrected chi connectivity index (χ2v) is 7.47. The SMILES string of the molecule is C=CN[C@H]1CC[C@@H](Cc2cc(C3=CCCC3)cc3nccnc23)CC1. The van der Waals surface area contributed by atoms with Crippen LogP contribution in [0.2, 0.25) is 0 Å². The molecule has 4 rings (SSSR count). The van der Waals surface area contributed by atoms with Gasteiger partial charge in [0.15, 0.2) is 0 Å². The number of nitrogens with zero attached hydrogens (tertiary/aromatic N) is 2. The van der Waals surface area contributed by atoms with E-state index >= 15 is 0 Å². The Balaban J connectivity index is 1.59. The van der Waals surface area contributed by atoms with E-state index in [2.05, 4.69) is 40.1 Å². The molecule has 1 aromatic carbocycles. The van der Waals surface area contributed by atoms with Gasteiger partial charge >= 0.3 is 0 Å². The maximum absolute atomic E-state index is 4.65. The van der Waals surface area contributed by atoms with E-state index in [0.717, 1.165) is 23.4 Å². The van der Waals surface area contributed by atoms with Crippen molar-refractivity contribution in [3.8, 4) is 0 Å². The maximum atomic E-state index is 4.65. The van der Waals surface area contributed by atoms with E-state index in [4.69, 9.17) is 0 Å². The van der Waals surface area contributed by atoms with Crippen LogP contribution in [-0.2, 0) is 6.42 Å². The van der Waals surface area contributed by atoms with Gasteiger partial charge in [-0.1, -0.05) is 12.7 Å². The summed E-state index contributed by atoms with van der Waals surface area (Å²) in [5, 5.41) is 3.38. The number of nitrogens with one attached hydrogen (secondary N) is 1. The van der Waals surface area contributed by atoms with Gasteiger partial charge in [0.05, 0.1) is 11.0 Å². The van der Waals surface area contributed by atoms with Gasteiger partial charge in [-0.05, 0) is 92.3 Å². The van der Waals surface area contributed by atoms with E-state index in [1.54, 1.807) is 0 Å². The van der Waals surface area contributed by atoms with E-state index in [0.29, 0.717) is 6.04 Å². The smallest absolute Gasteiger partial charge is 0.0919 e. The monoisotopic (exact) mass is 333 g/mol. The Kier molecular flexibility index (Phi) is 4.82. The zero-order valence-corrected chi connectivity index (χ0v) is 14.9. The quantitative estimate of drug-likeness (QED) is 0.834. The van der Waals surface area contributed by atoms with Crippen LogP contribution in [-0.4, -0.2) is 16.0 Å². The molecular weight excluding hydrogens is 306 g/mol. The second kappa shape index (κ2) is 7.38. The van der Waals surface area contributed by atoms with E-state index < -0.39 is 0 Å². The van der Waals surface area contributed by atoms with Crippen molar-refractivity contribution in [3.63, 3.8) is 0 Å². The molecule has 0 aliphatic heterocycles. The van der Waals surface area contributed by atoms with Crippen LogP contribution in [0.15, 0.2) is 43.4 Å². The van der Waals surface area contributed by atoms with E-state index in [1.807, 2.05) is 18.6 Å². The average Bonchev–Trinajstić information content (AvgIpc) is 3.18. The minimum Gasteiger partial charge on any atom is -0.389 e. The van der Waals surface area contributed by atoms with Gasteiger partial charge < -0.3 is 5.32 Å². The van der Waals surface area contributed by atoms with Crippen LogP contribution < -0.4 is 5.32 Å². The van der Waals surface area contributed by atoms with Crippen molar-refractivity contribution in [1.29, 1.82) is 0 Å². The maximum Gasteiger partial charge on any atom is 0.0919 e. The molecule has 2 aliphatic carbocycles. The lowest BCUT2D eigenvalue weighted by Gasteiger charge is -2.29. The van der Waals surface area contributed by atoms with Crippen molar-refractivity contribution in [2.24, 2.45) is 5.92 Å². The Morgan fingerprint density at radius 1 is 1.12 bits per heavy atom. The molecule has 130 valence electrons. The number of allylic oxidation sites excluding steroid dienone is 2. The number of benzene rings is 1. The average molecular weight is 333 g/mol. The first-order valence-electron chi connectivity index (χ1n) is 9.63. The van der Waals surface area contributed by atoms with Crippen molar-refractivity contribution < 1.29 is 0 Å². The predicted octanol–water partition coefficient (Wildman–Crippen LogP) is 5.03. The molecule has 0 amide bonds. The van der Waals surface area contributed by atoms with E-state index in [9.17, 15) is 0 Å². The van der Waals surface area contributed by atoms with Crippen LogP contribution >= 0.6 is 0 Å². The fourth-order valence-electron chi connectivity index (χ4n) is 4.43. The molecule has 2 aromatic rings. The molecule has 0 atom stereocenters. The molecule has 0 radical (unpaired) electrons. The van der Waals surface area contributed by atoms with Crippen molar-refractivity contribution in [1.82, 2.24) is 15.3 Å². The molecule has 25 heavy (non-hydrogen) atoms. The van der Waals surface area contributed by atoms with Crippen molar-refractivity contribution in [2.75, 3.05) is 0 Å². The molecule has 3 nitrogen and oxygen atoms in total. The molecule has 1 N–H and O–H groups in total. The fraction of sp³-hybridized carbons (Fsp3) is 0.455. The highest BCUT2D eigenvalue weighted by Gasteiger charge is 2.22. The minimum absolute atomic E-state index is 0.611. The number of rotatable bonds is 5. The standard InChI is InChI=1S/C22H27N3/c1-2-23-20-9-7-16(8-10-20)13-19-14-18(17-5-3-4-6-17)15-21-22(19)25-12-11-24-21/h2,5,11-12,14-16,20,23H,1,3-4,6-10,13H2/t16-,20+. The Morgan fingerprint density at radius 2 is 1.96 bits per heavy atom. The van der Waals surface area contributed by atoms with Crippen LogP contribution in [0.4, 0.5) is 0 Å². The summed E-state index contributed by atoms with van der Waals surface area (Å²) in [6.07, 6.45) is 17.7. The van der Waals surface area contributed by atoms with Gasteiger partial charge in [-0.15, -0.1) is 0 Å². The third-order valence-corrected chi connectivity index (χ3v) is 5.77. The van der Waals surface area contributed by atoms with Crippen LogP contribution in [0.25, 0.3) is 16.6 Å². The van der Waals surface area contributed by atoms with Gasteiger partial charge in [0.2, 0.25) is 0 Å². The molecule has 1 aromatic heterocycles. The Morgan fingerprint density at radius 3 is 2.72 bits per heavy atom. The van der Waals surface area contributed by atoms with Crippen LogP contribution in [0.5, 0.6) is 0 Å². The number of hydrogen-bond acceptors (Lipinski definition) is 3. The number of fused-ring (bicyclic) bond motifs is 1. The first kappa shape index (κ1) is 16.3. The van der Waals surface area contributed by atoms with Crippen LogP contribution in [0.3, 0.4) is 0 Å². The lowest BCUT2D eigenvalue weighted by molar-refractivity contribution is 0.306. The summed E-state index contributed by atoms with van der Waals surface area (Å²) < 4.78 is 0. The highest BCUT2D eigenvalue weighted by atomic mass is 14.9. The number of hydrogen-bond donors (Lipinski definition) is 1. The predicted molar refractivity (Wildman–Crippen MR) is 104 cm³/mol. The first-order chi connectivity index (χ1) is 12.3. The van der Waals surface area contributed by atoms with Crippen molar-refractivity contribution in [3.05, 3.63) is 54.5 Å². The lowest BCUT2D eigenvalue weighted by Crippen LogP contribution is -2.29. The summed E-state index contributed by atoms with van der Waals surface area (Å²) in [7, 11) is 0. The van der Waals surface area contributed by atoms with Gasteiger partial charge in [0, 0.05) is 18.4 Å². The third kappa shape index (κ3) is 3.60. The van der Waals surface area contributed by atoms with Gasteiger partial charge in [0.1, 0.15) is 0 Å². The van der Waals surface area contributed by atoms with E-state index in [1.165, 1.54) is 61.6 Å². The van der Waals surface area contributed by atoms with Crippen LogP contribution in [0, 0.1) is 5.92 Å². The minimum atomic E-state index is 0.611. The largest absolute Gasteiger partial charge is 0.389 e. The van der Waals surface area contributed by atoms with Crippen molar-refractivity contribution >= 4 is 16.6 Å². The Hall–Kier alpha value is -2.16. The third-order valence-electron chi connectivity index (χ3n) is 5.77. The Labute approximate surface area is 150 Å². The first-order valence-corrected chi connectivity index (χ1v) is 9.63. The summed E-state index contributed by atoms with van der Waals surface area (Å²) in [6, 6.07) is 5.23. The van der Waals surface area contributed by atoms with Gasteiger partial charge in [-0.2, -0.15) is 0 Å². The highest BCUT2D eigenvalue weighted by Crippen LogP contribution is 2.33. The summed E-state index contributed by atoms with van der Waals surface area (Å²) in [6.45, 7) is 3.79. The molecular formula is C22H27N3. The van der Waals surface area contributed by atoms with Crippen LogP contribution in [0.1, 0.15) is 56.1 Å². The lowest BCUT2D eigenvalue weighted by atomic mass is 9.82. The topological polar surface area (TPSA) is 37.8 Å².